The Bertz CT molecular complexity index is 997. The Labute approximate surface area is 149 Å². The summed E-state index contributed by atoms with van der Waals surface area (Å²) < 4.78 is 4.90. The fourth-order valence-electron chi connectivity index (χ4n) is 1.91. The van der Waals surface area contributed by atoms with Crippen molar-refractivity contribution >= 4 is 16.9 Å². The molecule has 0 aliphatic rings. The predicted molar refractivity (Wildman–Crippen MR) is 97.7 cm³/mol. The van der Waals surface area contributed by atoms with Crippen LogP contribution in [0.3, 0.4) is 0 Å². The van der Waals surface area contributed by atoms with Crippen molar-refractivity contribution < 1.29 is 19.4 Å². The molecule has 0 fully saturated rings. The summed E-state index contributed by atoms with van der Waals surface area (Å²) in [6.07, 6.45) is 5.69. The number of Topliss-reactive ketones (excluding diaryl/α,β-unsaturated/α-hetero) is 1. The Morgan fingerprint density at radius 1 is 1.35 bits per heavy atom. The highest BCUT2D eigenvalue weighted by Gasteiger charge is 2.14. The average molecular weight is 354 g/mol. The SMILES string of the molecule is C=C(/C=C\C(O)=C/C)/C=C(\C#N)C(=O)c1ccc2[nH]c(=O)oc2c1.CO. The van der Waals surface area contributed by atoms with Crippen LogP contribution in [0.25, 0.3) is 11.1 Å². The number of nitrogens with one attached hydrogen (secondary N) is 1. The lowest BCUT2D eigenvalue weighted by Gasteiger charge is -2.00. The van der Waals surface area contributed by atoms with E-state index in [1.807, 2.05) is 6.07 Å². The number of fused-ring (bicyclic) bond motifs is 1. The number of aromatic amines is 1. The summed E-state index contributed by atoms with van der Waals surface area (Å²) in [6.45, 7) is 5.37. The van der Waals surface area contributed by atoms with Crippen LogP contribution in [0.15, 0.2) is 75.2 Å². The smallest absolute Gasteiger partial charge is 0.417 e. The largest absolute Gasteiger partial charge is 0.508 e. The van der Waals surface area contributed by atoms with Gasteiger partial charge in [0.25, 0.3) is 0 Å². The van der Waals surface area contributed by atoms with Crippen LogP contribution in [0.1, 0.15) is 17.3 Å². The van der Waals surface area contributed by atoms with Crippen LogP contribution < -0.4 is 5.76 Å². The lowest BCUT2D eigenvalue weighted by Crippen LogP contribution is -2.02. The Morgan fingerprint density at radius 3 is 2.65 bits per heavy atom. The summed E-state index contributed by atoms with van der Waals surface area (Å²) in [7, 11) is 1.00. The third-order valence-corrected chi connectivity index (χ3v) is 3.14. The van der Waals surface area contributed by atoms with Crippen LogP contribution in [0, 0.1) is 11.3 Å². The monoisotopic (exact) mass is 354 g/mol. The number of aliphatic hydroxyl groups is 2. The number of aliphatic hydroxyl groups excluding tert-OH is 2. The number of carbonyl (C=O) groups excluding carboxylic acids is 1. The molecule has 0 aliphatic heterocycles. The van der Waals surface area contributed by atoms with E-state index in [0.29, 0.717) is 11.1 Å². The Hall–Kier alpha value is -3.63. The molecule has 0 aliphatic carbocycles. The van der Waals surface area contributed by atoms with Gasteiger partial charge in [0, 0.05) is 12.7 Å². The van der Waals surface area contributed by atoms with E-state index in [-0.39, 0.29) is 22.5 Å². The van der Waals surface area contributed by atoms with Crippen LogP contribution in [0.5, 0.6) is 0 Å². The number of ketones is 1. The second-order valence-corrected chi connectivity index (χ2v) is 4.85. The molecule has 0 radical (unpaired) electrons. The number of rotatable bonds is 5. The molecule has 134 valence electrons. The van der Waals surface area contributed by atoms with Crippen molar-refractivity contribution in [1.29, 1.82) is 5.26 Å². The van der Waals surface area contributed by atoms with Crippen molar-refractivity contribution in [2.24, 2.45) is 0 Å². The molecule has 0 saturated carbocycles. The molecule has 0 bridgehead atoms. The number of allylic oxidation sites excluding steroid dienone is 6. The number of nitriles is 1. The van der Waals surface area contributed by atoms with E-state index in [1.54, 1.807) is 6.92 Å². The quantitative estimate of drug-likeness (QED) is 0.249. The highest BCUT2D eigenvalue weighted by atomic mass is 16.4. The average Bonchev–Trinajstić information content (AvgIpc) is 3.04. The van der Waals surface area contributed by atoms with Gasteiger partial charge in [0.1, 0.15) is 17.4 Å². The van der Waals surface area contributed by atoms with Gasteiger partial charge in [-0.2, -0.15) is 5.26 Å². The molecule has 7 heteroatoms. The zero-order valence-electron chi connectivity index (χ0n) is 14.3. The number of oxazole rings is 1. The van der Waals surface area contributed by atoms with Gasteiger partial charge in [-0.15, -0.1) is 0 Å². The van der Waals surface area contributed by atoms with Crippen molar-refractivity contribution in [2.75, 3.05) is 7.11 Å². The molecular weight excluding hydrogens is 336 g/mol. The van der Waals surface area contributed by atoms with Gasteiger partial charge in [0.15, 0.2) is 5.58 Å². The van der Waals surface area contributed by atoms with Crippen molar-refractivity contribution in [2.45, 2.75) is 6.92 Å². The molecule has 0 saturated heterocycles. The summed E-state index contributed by atoms with van der Waals surface area (Å²) in [5, 5.41) is 25.5. The summed E-state index contributed by atoms with van der Waals surface area (Å²) in [4.78, 5) is 26.0. The Balaban J connectivity index is 0.00000163. The zero-order chi connectivity index (χ0) is 19.7. The fourth-order valence-corrected chi connectivity index (χ4v) is 1.91. The highest BCUT2D eigenvalue weighted by molar-refractivity contribution is 6.12. The van der Waals surface area contributed by atoms with Crippen molar-refractivity contribution in [1.82, 2.24) is 4.98 Å². The molecule has 1 aromatic carbocycles. The van der Waals surface area contributed by atoms with Gasteiger partial charge in [-0.1, -0.05) is 12.7 Å². The topological polar surface area (TPSA) is 127 Å². The first kappa shape index (κ1) is 20.4. The van der Waals surface area contributed by atoms with Gasteiger partial charge in [0.2, 0.25) is 5.78 Å². The van der Waals surface area contributed by atoms with Crippen LogP contribution in [0.4, 0.5) is 0 Å². The van der Waals surface area contributed by atoms with Gasteiger partial charge in [-0.3, -0.25) is 9.78 Å². The third-order valence-electron chi connectivity index (χ3n) is 3.14. The number of benzene rings is 1. The molecule has 7 nitrogen and oxygen atoms in total. The van der Waals surface area contributed by atoms with Gasteiger partial charge >= 0.3 is 5.76 Å². The molecule has 26 heavy (non-hydrogen) atoms. The number of hydrogen-bond acceptors (Lipinski definition) is 6. The number of H-pyrrole nitrogens is 1. The van der Waals surface area contributed by atoms with E-state index >= 15 is 0 Å². The maximum atomic E-state index is 12.4. The Kier molecular flexibility index (Phi) is 7.55. The number of aromatic nitrogens is 1. The molecule has 0 unspecified atom stereocenters. The van der Waals surface area contributed by atoms with E-state index in [4.69, 9.17) is 9.52 Å². The van der Waals surface area contributed by atoms with E-state index in [1.165, 1.54) is 42.5 Å². The lowest BCUT2D eigenvalue weighted by molar-refractivity contribution is 0.103. The minimum absolute atomic E-state index is 0.0438. The first-order valence-corrected chi connectivity index (χ1v) is 7.41. The van der Waals surface area contributed by atoms with Crippen LogP contribution in [-0.4, -0.2) is 28.1 Å². The number of hydrogen-bond donors (Lipinski definition) is 3. The minimum atomic E-state index is -0.618. The second kappa shape index (κ2) is 9.61. The van der Waals surface area contributed by atoms with Crippen molar-refractivity contribution in [3.05, 3.63) is 82.1 Å². The maximum Gasteiger partial charge on any atom is 0.417 e. The Morgan fingerprint density at radius 2 is 2.04 bits per heavy atom. The lowest BCUT2D eigenvalue weighted by atomic mass is 10.0. The summed E-state index contributed by atoms with van der Waals surface area (Å²) in [5.74, 6) is -1.09. The van der Waals surface area contributed by atoms with Crippen molar-refractivity contribution in [3.63, 3.8) is 0 Å². The molecule has 2 aromatic rings. The molecule has 1 aromatic heterocycles. The molecule has 0 amide bonds. The van der Waals surface area contributed by atoms with Crippen molar-refractivity contribution in [3.8, 4) is 6.07 Å². The molecule has 1 heterocycles. The number of carbonyl (C=O) groups is 1. The van der Waals surface area contributed by atoms with E-state index in [9.17, 15) is 20.0 Å². The van der Waals surface area contributed by atoms with E-state index < -0.39 is 11.5 Å². The standard InChI is InChI=1S/C18H14N2O4.CH4O/c1-3-14(21)6-4-11(2)8-13(10-19)17(22)12-5-7-15-16(9-12)24-18(23)20-15;1-2/h3-9,21H,2H2,1H3,(H,20,23);2H,1H3/b6-4-,13-8+,14-3+;. The maximum absolute atomic E-state index is 12.4. The molecule has 2 rings (SSSR count). The summed E-state index contributed by atoms with van der Waals surface area (Å²) in [5.41, 5.74) is 1.17. The number of nitrogens with zero attached hydrogens (tertiary/aromatic N) is 1. The molecule has 0 spiro atoms. The first-order valence-electron chi connectivity index (χ1n) is 7.41. The van der Waals surface area contributed by atoms with Gasteiger partial charge in [0.05, 0.1) is 5.52 Å². The fraction of sp³-hybridized carbons (Fsp3) is 0.105. The van der Waals surface area contributed by atoms with Crippen LogP contribution in [-0.2, 0) is 0 Å². The van der Waals surface area contributed by atoms with Crippen LogP contribution in [0.2, 0.25) is 0 Å². The van der Waals surface area contributed by atoms with E-state index in [2.05, 4.69) is 11.6 Å². The summed E-state index contributed by atoms with van der Waals surface area (Å²) >= 11 is 0. The minimum Gasteiger partial charge on any atom is -0.508 e. The van der Waals surface area contributed by atoms with Crippen LogP contribution >= 0.6 is 0 Å². The predicted octanol–water partition coefficient (Wildman–Crippen LogP) is 2.94. The summed E-state index contributed by atoms with van der Waals surface area (Å²) in [6, 6.07) is 6.24. The molecule has 0 atom stereocenters. The van der Waals surface area contributed by atoms with Gasteiger partial charge < -0.3 is 14.6 Å². The third kappa shape index (κ3) is 5.19. The van der Waals surface area contributed by atoms with Gasteiger partial charge in [-0.05, 0) is 48.9 Å². The van der Waals surface area contributed by atoms with E-state index in [0.717, 1.165) is 7.11 Å². The first-order chi connectivity index (χ1) is 12.4. The normalized spacial score (nSPS) is 11.8. The highest BCUT2D eigenvalue weighted by Crippen LogP contribution is 2.16. The molecular formula is C19H18N2O5. The van der Waals surface area contributed by atoms with Gasteiger partial charge in [-0.25, -0.2) is 4.79 Å². The zero-order valence-corrected chi connectivity index (χ0v) is 14.3. The second-order valence-electron chi connectivity index (χ2n) is 4.85. The molecule has 3 N–H and O–H groups in total.